The molecule has 0 amide bonds. The van der Waals surface area contributed by atoms with Crippen LogP contribution in [0.25, 0.3) is 10.8 Å². The van der Waals surface area contributed by atoms with Crippen molar-refractivity contribution in [1.29, 1.82) is 0 Å². The molecule has 0 N–H and O–H groups in total. The Bertz CT molecular complexity index is 534. The Morgan fingerprint density at radius 1 is 1.06 bits per heavy atom. The highest BCUT2D eigenvalue weighted by molar-refractivity contribution is 9.09. The van der Waals surface area contributed by atoms with Gasteiger partial charge in [-0.2, -0.15) is 13.2 Å². The van der Waals surface area contributed by atoms with E-state index in [0.29, 0.717) is 5.75 Å². The van der Waals surface area contributed by atoms with Crippen LogP contribution in [0.5, 0.6) is 5.75 Å². The van der Waals surface area contributed by atoms with Crippen molar-refractivity contribution < 1.29 is 17.9 Å². The van der Waals surface area contributed by atoms with E-state index in [1.54, 1.807) is 12.1 Å². The standard InChI is InChI=1S/C13H10BrF3O/c14-12(13(15,16)17)8-18-11-7-3-5-9-4-1-2-6-10(9)11/h1-7,12H,8H2. The van der Waals surface area contributed by atoms with Crippen molar-refractivity contribution in [3.8, 4) is 5.75 Å². The van der Waals surface area contributed by atoms with Gasteiger partial charge in [-0.15, -0.1) is 0 Å². The van der Waals surface area contributed by atoms with Crippen LogP contribution in [0.3, 0.4) is 0 Å². The summed E-state index contributed by atoms with van der Waals surface area (Å²) in [5, 5.41) is 1.75. The Hall–Kier alpha value is -1.23. The van der Waals surface area contributed by atoms with Crippen LogP contribution in [0.1, 0.15) is 0 Å². The summed E-state index contributed by atoms with van der Waals surface area (Å²) in [5.41, 5.74) is 0. The van der Waals surface area contributed by atoms with Crippen LogP contribution in [0.4, 0.5) is 13.2 Å². The molecule has 0 aliphatic carbocycles. The first kappa shape index (κ1) is 13.2. The average Bonchev–Trinajstić information content (AvgIpc) is 2.34. The Labute approximate surface area is 111 Å². The van der Waals surface area contributed by atoms with E-state index in [-0.39, 0.29) is 0 Å². The number of benzene rings is 2. The minimum absolute atomic E-state index is 0.447. The van der Waals surface area contributed by atoms with E-state index in [4.69, 9.17) is 4.74 Å². The molecule has 96 valence electrons. The zero-order valence-corrected chi connectivity index (χ0v) is 10.8. The number of hydrogen-bond acceptors (Lipinski definition) is 1. The van der Waals surface area contributed by atoms with Gasteiger partial charge in [-0.05, 0) is 11.5 Å². The second kappa shape index (κ2) is 5.18. The summed E-state index contributed by atoms with van der Waals surface area (Å²) in [6, 6.07) is 12.7. The van der Waals surface area contributed by atoms with E-state index in [0.717, 1.165) is 10.8 Å². The Morgan fingerprint density at radius 3 is 2.44 bits per heavy atom. The lowest BCUT2D eigenvalue weighted by molar-refractivity contribution is -0.132. The molecule has 0 heterocycles. The van der Waals surface area contributed by atoms with Crippen LogP contribution in [0.2, 0.25) is 0 Å². The lowest BCUT2D eigenvalue weighted by Gasteiger charge is -2.15. The molecule has 0 radical (unpaired) electrons. The second-order valence-corrected chi connectivity index (χ2v) is 4.90. The third-order valence-electron chi connectivity index (χ3n) is 2.49. The molecular weight excluding hydrogens is 309 g/mol. The molecule has 0 fully saturated rings. The zero-order valence-electron chi connectivity index (χ0n) is 9.25. The van der Waals surface area contributed by atoms with Crippen molar-refractivity contribution in [3.05, 3.63) is 42.5 Å². The van der Waals surface area contributed by atoms with Gasteiger partial charge in [-0.25, -0.2) is 0 Å². The van der Waals surface area contributed by atoms with Crippen molar-refractivity contribution >= 4 is 26.7 Å². The molecule has 0 saturated heterocycles. The highest BCUT2D eigenvalue weighted by atomic mass is 79.9. The number of fused-ring (bicyclic) bond motifs is 1. The Balaban J connectivity index is 2.18. The fourth-order valence-corrected chi connectivity index (χ4v) is 1.71. The summed E-state index contributed by atoms with van der Waals surface area (Å²) in [6.07, 6.45) is -4.30. The van der Waals surface area contributed by atoms with E-state index < -0.39 is 17.6 Å². The fraction of sp³-hybridized carbons (Fsp3) is 0.231. The highest BCUT2D eigenvalue weighted by Gasteiger charge is 2.38. The molecular formula is C13H10BrF3O. The van der Waals surface area contributed by atoms with Gasteiger partial charge in [0.05, 0.1) is 0 Å². The van der Waals surface area contributed by atoms with Crippen LogP contribution in [-0.2, 0) is 0 Å². The maximum Gasteiger partial charge on any atom is 0.404 e. The van der Waals surface area contributed by atoms with Crippen LogP contribution in [0.15, 0.2) is 42.5 Å². The zero-order chi connectivity index (χ0) is 13.2. The van der Waals surface area contributed by atoms with Crippen LogP contribution in [0, 0.1) is 0 Å². The molecule has 1 atom stereocenters. The van der Waals surface area contributed by atoms with E-state index >= 15 is 0 Å². The Kier molecular flexibility index (Phi) is 3.80. The van der Waals surface area contributed by atoms with Crippen molar-refractivity contribution in [2.75, 3.05) is 6.61 Å². The van der Waals surface area contributed by atoms with Gasteiger partial charge >= 0.3 is 6.18 Å². The predicted molar refractivity (Wildman–Crippen MR) is 68.2 cm³/mol. The van der Waals surface area contributed by atoms with Gasteiger partial charge < -0.3 is 4.74 Å². The number of hydrogen-bond donors (Lipinski definition) is 0. The third kappa shape index (κ3) is 2.96. The minimum Gasteiger partial charge on any atom is -0.491 e. The molecule has 1 unspecified atom stereocenters. The van der Waals surface area contributed by atoms with Gasteiger partial charge in [0, 0.05) is 5.39 Å². The molecule has 0 aliphatic heterocycles. The molecule has 0 bridgehead atoms. The maximum atomic E-state index is 12.3. The highest BCUT2D eigenvalue weighted by Crippen LogP contribution is 2.29. The first-order chi connectivity index (χ1) is 8.48. The average molecular weight is 319 g/mol. The van der Waals surface area contributed by atoms with Crippen LogP contribution >= 0.6 is 15.9 Å². The van der Waals surface area contributed by atoms with Gasteiger partial charge in [-0.3, -0.25) is 0 Å². The van der Waals surface area contributed by atoms with E-state index in [1.165, 1.54) is 0 Å². The molecule has 0 spiro atoms. The van der Waals surface area contributed by atoms with Crippen molar-refractivity contribution in [2.45, 2.75) is 11.0 Å². The van der Waals surface area contributed by atoms with Crippen molar-refractivity contribution in [2.24, 2.45) is 0 Å². The summed E-state index contributed by atoms with van der Waals surface area (Å²) >= 11 is 2.57. The maximum absolute atomic E-state index is 12.3. The topological polar surface area (TPSA) is 9.23 Å². The molecule has 0 aliphatic rings. The third-order valence-corrected chi connectivity index (χ3v) is 3.27. The van der Waals surface area contributed by atoms with Gasteiger partial charge in [0.15, 0.2) is 0 Å². The fourth-order valence-electron chi connectivity index (χ4n) is 1.58. The predicted octanol–water partition coefficient (Wildman–Crippen LogP) is 4.54. The summed E-state index contributed by atoms with van der Waals surface area (Å²) in [7, 11) is 0. The molecule has 2 aromatic carbocycles. The van der Waals surface area contributed by atoms with Crippen molar-refractivity contribution in [1.82, 2.24) is 0 Å². The van der Waals surface area contributed by atoms with E-state index in [2.05, 4.69) is 15.9 Å². The monoisotopic (exact) mass is 318 g/mol. The number of rotatable bonds is 3. The molecule has 2 aromatic rings. The van der Waals surface area contributed by atoms with E-state index in [1.807, 2.05) is 30.3 Å². The molecule has 18 heavy (non-hydrogen) atoms. The quantitative estimate of drug-likeness (QED) is 0.755. The van der Waals surface area contributed by atoms with Gasteiger partial charge in [0.1, 0.15) is 17.2 Å². The molecule has 1 nitrogen and oxygen atoms in total. The van der Waals surface area contributed by atoms with Gasteiger partial charge in [0.2, 0.25) is 0 Å². The molecule has 5 heteroatoms. The number of ether oxygens (including phenoxy) is 1. The summed E-state index contributed by atoms with van der Waals surface area (Å²) < 4.78 is 42.3. The SMILES string of the molecule is FC(F)(F)C(Br)COc1cccc2ccccc12. The molecule has 0 saturated carbocycles. The molecule has 2 rings (SSSR count). The number of halogens is 4. The first-order valence-electron chi connectivity index (χ1n) is 5.30. The van der Waals surface area contributed by atoms with E-state index in [9.17, 15) is 13.2 Å². The summed E-state index contributed by atoms with van der Waals surface area (Å²) in [6.45, 7) is -0.447. The Morgan fingerprint density at radius 2 is 1.72 bits per heavy atom. The normalized spacial score (nSPS) is 13.6. The smallest absolute Gasteiger partial charge is 0.404 e. The lowest BCUT2D eigenvalue weighted by Crippen LogP contribution is -2.28. The van der Waals surface area contributed by atoms with Crippen molar-refractivity contribution in [3.63, 3.8) is 0 Å². The lowest BCUT2D eigenvalue weighted by atomic mass is 10.1. The first-order valence-corrected chi connectivity index (χ1v) is 6.21. The van der Waals surface area contributed by atoms with Crippen LogP contribution in [-0.4, -0.2) is 17.6 Å². The largest absolute Gasteiger partial charge is 0.491 e. The summed E-state index contributed by atoms with van der Waals surface area (Å²) in [5.74, 6) is 0.460. The minimum atomic E-state index is -4.30. The number of alkyl halides is 4. The van der Waals surface area contributed by atoms with Gasteiger partial charge in [-0.1, -0.05) is 52.3 Å². The second-order valence-electron chi connectivity index (χ2n) is 3.80. The van der Waals surface area contributed by atoms with Crippen LogP contribution < -0.4 is 4.74 Å². The van der Waals surface area contributed by atoms with Gasteiger partial charge in [0.25, 0.3) is 0 Å². The summed E-state index contributed by atoms with van der Waals surface area (Å²) in [4.78, 5) is -1.66. The molecule has 0 aromatic heterocycles.